The molecule has 6 nitrogen and oxygen atoms in total. The molecule has 0 amide bonds. The van der Waals surface area contributed by atoms with Crippen LogP contribution in [0.1, 0.15) is 5.56 Å². The molecule has 2 heterocycles. The predicted molar refractivity (Wildman–Crippen MR) is 67.2 cm³/mol. The minimum absolute atomic E-state index is 0.152. The fraction of sp³-hybridized carbons (Fsp3) is 0. The van der Waals surface area contributed by atoms with E-state index in [1.54, 1.807) is 23.7 Å². The Bertz CT molecular complexity index is 562. The number of nitrogens with zero attached hydrogens (tertiary/aromatic N) is 3. The normalized spacial score (nSPS) is 10.1. The van der Waals surface area contributed by atoms with Crippen LogP contribution in [0.3, 0.4) is 0 Å². The molecule has 0 aliphatic rings. The molecule has 0 aliphatic carbocycles. The second-order valence-electron chi connectivity index (χ2n) is 3.15. The van der Waals surface area contributed by atoms with Gasteiger partial charge in [-0.3, -0.25) is 16.1 Å². The molecule has 0 bridgehead atoms. The van der Waals surface area contributed by atoms with E-state index in [0.29, 0.717) is 20.6 Å². The van der Waals surface area contributed by atoms with Crippen LogP contribution in [0.5, 0.6) is 0 Å². The van der Waals surface area contributed by atoms with Crippen molar-refractivity contribution in [2.24, 2.45) is 0 Å². The Morgan fingerprint density at radius 3 is 2.89 bits per heavy atom. The molecule has 0 spiro atoms. The molecular formula is C10H8ClN5OS. The van der Waals surface area contributed by atoms with Gasteiger partial charge in [0.25, 0.3) is 0 Å². The van der Waals surface area contributed by atoms with Gasteiger partial charge < -0.3 is 0 Å². The summed E-state index contributed by atoms with van der Waals surface area (Å²) < 4.78 is 0. The minimum atomic E-state index is -0.152. The van der Waals surface area contributed by atoms with Crippen molar-refractivity contribution < 1.29 is 5.21 Å². The first-order chi connectivity index (χ1) is 8.70. The zero-order valence-corrected chi connectivity index (χ0v) is 10.5. The van der Waals surface area contributed by atoms with Crippen LogP contribution < -0.4 is 5.48 Å². The number of nitrogens with one attached hydrogen (secondary N) is 2. The zero-order chi connectivity index (χ0) is 13.0. The van der Waals surface area contributed by atoms with Gasteiger partial charge in [0, 0.05) is 6.20 Å². The summed E-state index contributed by atoms with van der Waals surface area (Å²) in [4.78, 5) is 4.11. The second-order valence-corrected chi connectivity index (χ2v) is 4.60. The highest BCUT2D eigenvalue weighted by Crippen LogP contribution is 2.27. The number of pyridine rings is 1. The Morgan fingerprint density at radius 1 is 1.39 bits per heavy atom. The summed E-state index contributed by atoms with van der Waals surface area (Å²) in [6, 6.07) is 5.03. The van der Waals surface area contributed by atoms with Crippen LogP contribution in [-0.4, -0.2) is 26.2 Å². The van der Waals surface area contributed by atoms with Crippen LogP contribution in [0, 0.1) is 5.41 Å². The third-order valence-corrected chi connectivity index (χ3v) is 3.14. The molecule has 2 aromatic rings. The molecule has 92 valence electrons. The number of aromatic nitrogens is 3. The first-order valence-corrected chi connectivity index (χ1v) is 6.00. The molecule has 0 aliphatic heterocycles. The van der Waals surface area contributed by atoms with E-state index >= 15 is 0 Å². The highest BCUT2D eigenvalue weighted by Gasteiger charge is 2.11. The van der Waals surface area contributed by atoms with Crippen molar-refractivity contribution >= 4 is 29.2 Å². The van der Waals surface area contributed by atoms with Gasteiger partial charge in [-0.15, -0.1) is 5.10 Å². The lowest BCUT2D eigenvalue weighted by atomic mass is 10.3. The Morgan fingerprint density at radius 2 is 2.22 bits per heavy atom. The van der Waals surface area contributed by atoms with Crippen LogP contribution in [0.2, 0.25) is 5.02 Å². The van der Waals surface area contributed by atoms with Gasteiger partial charge in [-0.05, 0) is 30.0 Å². The SMILES string of the molecule is N=C(NO)c1ccnnc1Sc1ccc(Cl)cn1. The fourth-order valence-corrected chi connectivity index (χ4v) is 2.09. The fourth-order valence-electron chi connectivity index (χ4n) is 1.17. The Kier molecular flexibility index (Phi) is 4.08. The topological polar surface area (TPSA) is 94.8 Å². The van der Waals surface area contributed by atoms with Crippen LogP contribution in [0.4, 0.5) is 0 Å². The van der Waals surface area contributed by atoms with Gasteiger partial charge in [0.1, 0.15) is 10.1 Å². The first kappa shape index (κ1) is 12.7. The Labute approximate surface area is 112 Å². The van der Waals surface area contributed by atoms with Gasteiger partial charge in [0.15, 0.2) is 5.84 Å². The van der Waals surface area contributed by atoms with Crippen molar-refractivity contribution in [1.29, 1.82) is 5.41 Å². The predicted octanol–water partition coefficient (Wildman–Crippen LogP) is 1.98. The van der Waals surface area contributed by atoms with E-state index in [-0.39, 0.29) is 5.84 Å². The zero-order valence-electron chi connectivity index (χ0n) is 8.96. The maximum atomic E-state index is 8.75. The van der Waals surface area contributed by atoms with Gasteiger partial charge in [-0.1, -0.05) is 11.6 Å². The molecule has 0 unspecified atom stereocenters. The summed E-state index contributed by atoms with van der Waals surface area (Å²) in [7, 11) is 0. The van der Waals surface area contributed by atoms with Gasteiger partial charge in [0.05, 0.1) is 16.8 Å². The summed E-state index contributed by atoms with van der Waals surface area (Å²) in [6.45, 7) is 0. The Balaban J connectivity index is 2.28. The van der Waals surface area contributed by atoms with E-state index < -0.39 is 0 Å². The molecule has 2 rings (SSSR count). The number of amidine groups is 1. The molecule has 0 radical (unpaired) electrons. The van der Waals surface area contributed by atoms with Gasteiger partial charge in [-0.25, -0.2) is 4.98 Å². The van der Waals surface area contributed by atoms with Crippen molar-refractivity contribution in [3.63, 3.8) is 0 Å². The van der Waals surface area contributed by atoms with Crippen molar-refractivity contribution in [2.45, 2.75) is 10.1 Å². The maximum Gasteiger partial charge on any atom is 0.152 e. The summed E-state index contributed by atoms with van der Waals surface area (Å²) in [6.07, 6.45) is 2.97. The lowest BCUT2D eigenvalue weighted by molar-refractivity contribution is 0.234. The van der Waals surface area contributed by atoms with Crippen molar-refractivity contribution in [3.8, 4) is 0 Å². The smallest absolute Gasteiger partial charge is 0.152 e. The molecule has 0 atom stereocenters. The largest absolute Gasteiger partial charge is 0.290 e. The monoisotopic (exact) mass is 281 g/mol. The molecule has 0 fully saturated rings. The standard InChI is InChI=1S/C10H8ClN5OS/c11-6-1-2-8(13-5-6)18-10-7(9(12)16-17)3-4-14-15-10/h1-5,17H,(H2,12,16). The van der Waals surface area contributed by atoms with Crippen molar-refractivity contribution in [1.82, 2.24) is 20.7 Å². The summed E-state index contributed by atoms with van der Waals surface area (Å²) in [5.74, 6) is -0.152. The Hall–Kier alpha value is -1.70. The first-order valence-electron chi connectivity index (χ1n) is 4.81. The summed E-state index contributed by atoms with van der Waals surface area (Å²) >= 11 is 6.97. The number of halogens is 1. The van der Waals surface area contributed by atoms with E-state index in [4.69, 9.17) is 22.2 Å². The molecular weight excluding hydrogens is 274 g/mol. The molecule has 18 heavy (non-hydrogen) atoms. The maximum absolute atomic E-state index is 8.75. The number of hydroxylamine groups is 1. The van der Waals surface area contributed by atoms with E-state index in [9.17, 15) is 0 Å². The van der Waals surface area contributed by atoms with Gasteiger partial charge >= 0.3 is 0 Å². The highest BCUT2D eigenvalue weighted by atomic mass is 35.5. The van der Waals surface area contributed by atoms with Gasteiger partial charge in [0.2, 0.25) is 0 Å². The molecule has 3 N–H and O–H groups in total. The third kappa shape index (κ3) is 2.95. The lowest BCUT2D eigenvalue weighted by Crippen LogP contribution is -2.20. The average molecular weight is 282 g/mol. The van der Waals surface area contributed by atoms with E-state index in [2.05, 4.69) is 15.2 Å². The number of hydrogen-bond donors (Lipinski definition) is 3. The van der Waals surface area contributed by atoms with Gasteiger partial charge in [-0.2, -0.15) is 5.10 Å². The minimum Gasteiger partial charge on any atom is -0.290 e. The van der Waals surface area contributed by atoms with Crippen LogP contribution in [0.25, 0.3) is 0 Å². The van der Waals surface area contributed by atoms with Crippen LogP contribution in [0.15, 0.2) is 40.6 Å². The lowest BCUT2D eigenvalue weighted by Gasteiger charge is -2.06. The summed E-state index contributed by atoms with van der Waals surface area (Å²) in [5, 5.41) is 25.6. The van der Waals surface area contributed by atoms with Crippen molar-refractivity contribution in [3.05, 3.63) is 41.2 Å². The van der Waals surface area contributed by atoms with E-state index in [1.165, 1.54) is 24.2 Å². The molecule has 0 saturated carbocycles. The molecule has 0 aromatic carbocycles. The van der Waals surface area contributed by atoms with Crippen LogP contribution >= 0.6 is 23.4 Å². The van der Waals surface area contributed by atoms with Crippen LogP contribution in [-0.2, 0) is 0 Å². The van der Waals surface area contributed by atoms with Crippen molar-refractivity contribution in [2.75, 3.05) is 0 Å². The van der Waals surface area contributed by atoms with E-state index in [1.807, 2.05) is 0 Å². The number of rotatable bonds is 3. The molecule has 2 aromatic heterocycles. The van der Waals surface area contributed by atoms with E-state index in [0.717, 1.165) is 0 Å². The number of hydrogen-bond acceptors (Lipinski definition) is 6. The average Bonchev–Trinajstić information content (AvgIpc) is 2.41. The highest BCUT2D eigenvalue weighted by molar-refractivity contribution is 7.99. The molecule has 0 saturated heterocycles. The third-order valence-electron chi connectivity index (χ3n) is 1.97. The second kappa shape index (κ2) is 5.76. The quantitative estimate of drug-likeness (QED) is 0.452. The molecule has 8 heteroatoms. The summed E-state index contributed by atoms with van der Waals surface area (Å²) in [5.41, 5.74) is 2.22.